The summed E-state index contributed by atoms with van der Waals surface area (Å²) in [4.78, 5) is 0. The van der Waals surface area contributed by atoms with Gasteiger partial charge in [0, 0.05) is 17.6 Å². The molecule has 0 spiro atoms. The van der Waals surface area contributed by atoms with Crippen LogP contribution in [0.4, 0.5) is 5.69 Å². The fourth-order valence-corrected chi connectivity index (χ4v) is 5.44. The number of anilines is 1. The summed E-state index contributed by atoms with van der Waals surface area (Å²) < 4.78 is 6.16. The number of ether oxygens (including phenoxy) is 1. The molecule has 0 bridgehead atoms. The second-order valence-corrected chi connectivity index (χ2v) is 8.93. The molecule has 2 unspecified atom stereocenters. The van der Waals surface area contributed by atoms with Crippen molar-refractivity contribution >= 4 is 5.69 Å². The number of benzene rings is 3. The van der Waals surface area contributed by atoms with Crippen LogP contribution in [-0.2, 0) is 23.2 Å². The van der Waals surface area contributed by atoms with E-state index in [0.29, 0.717) is 0 Å². The van der Waals surface area contributed by atoms with Gasteiger partial charge in [0.15, 0.2) is 0 Å². The first-order valence-corrected chi connectivity index (χ1v) is 11.4. The van der Waals surface area contributed by atoms with Crippen LogP contribution in [0, 0.1) is 5.92 Å². The van der Waals surface area contributed by atoms with Crippen molar-refractivity contribution in [3.63, 3.8) is 0 Å². The first-order chi connectivity index (χ1) is 14.9. The van der Waals surface area contributed by atoms with E-state index in [9.17, 15) is 0 Å². The Labute approximate surface area is 180 Å². The Kier molecular flexibility index (Phi) is 5.59. The molecule has 1 N–H and O–H groups in total. The summed E-state index contributed by atoms with van der Waals surface area (Å²) in [6, 6.07) is 28.7. The van der Waals surface area contributed by atoms with Crippen molar-refractivity contribution in [3.8, 4) is 0 Å². The molecule has 30 heavy (non-hydrogen) atoms. The van der Waals surface area contributed by atoms with Gasteiger partial charge in [-0.2, -0.15) is 0 Å². The summed E-state index contributed by atoms with van der Waals surface area (Å²) in [6.07, 6.45) is 6.07. The van der Waals surface area contributed by atoms with Crippen LogP contribution in [0.1, 0.15) is 47.9 Å². The summed E-state index contributed by atoms with van der Waals surface area (Å²) in [5.41, 5.74) is 6.97. The van der Waals surface area contributed by atoms with E-state index in [1.54, 1.807) is 0 Å². The summed E-state index contributed by atoms with van der Waals surface area (Å²) in [7, 11) is 0. The normalized spacial score (nSPS) is 23.0. The molecule has 0 amide bonds. The molecule has 2 atom stereocenters. The van der Waals surface area contributed by atoms with Crippen molar-refractivity contribution in [3.05, 3.63) is 101 Å². The predicted molar refractivity (Wildman–Crippen MR) is 124 cm³/mol. The molecule has 2 aliphatic rings. The molecule has 154 valence electrons. The van der Waals surface area contributed by atoms with E-state index in [1.165, 1.54) is 53.6 Å². The lowest BCUT2D eigenvalue weighted by Gasteiger charge is -2.40. The maximum Gasteiger partial charge on any atom is 0.0720 e. The molecule has 3 aromatic rings. The zero-order chi connectivity index (χ0) is 20.2. The molecule has 0 fully saturated rings. The Morgan fingerprint density at radius 2 is 1.63 bits per heavy atom. The molecule has 2 heteroatoms. The van der Waals surface area contributed by atoms with Gasteiger partial charge >= 0.3 is 0 Å². The van der Waals surface area contributed by atoms with Gasteiger partial charge in [0.2, 0.25) is 0 Å². The molecule has 2 nitrogen and oxygen atoms in total. The van der Waals surface area contributed by atoms with Crippen LogP contribution in [0.25, 0.3) is 0 Å². The molecule has 5 rings (SSSR count). The van der Waals surface area contributed by atoms with Gasteiger partial charge in [0.05, 0.1) is 13.2 Å². The Morgan fingerprint density at radius 1 is 0.867 bits per heavy atom. The molecule has 0 saturated carbocycles. The van der Waals surface area contributed by atoms with Gasteiger partial charge in [-0.25, -0.2) is 0 Å². The van der Waals surface area contributed by atoms with E-state index in [2.05, 4.69) is 84.2 Å². The predicted octanol–water partition coefficient (Wildman–Crippen LogP) is 6.35. The van der Waals surface area contributed by atoms with Crippen molar-refractivity contribution in [1.82, 2.24) is 0 Å². The zero-order valence-electron chi connectivity index (χ0n) is 17.6. The number of para-hydroxylation sites is 1. The standard InChI is InChI=1S/C28H31NO/c1-2-12-25(13-3-1)28(21-30-20-24-11-4-6-14-26(24)28)18-8-9-22-16-17-23-10-5-7-15-27(23)29-19-22/h1-7,10-15,22,29H,8-9,16-21H2. The van der Waals surface area contributed by atoms with E-state index >= 15 is 0 Å². The molecule has 2 aliphatic heterocycles. The Bertz CT molecular complexity index is 956. The summed E-state index contributed by atoms with van der Waals surface area (Å²) in [5.74, 6) is 0.727. The maximum atomic E-state index is 6.16. The number of hydrogen-bond acceptors (Lipinski definition) is 2. The van der Waals surface area contributed by atoms with Crippen molar-refractivity contribution in [1.29, 1.82) is 0 Å². The number of nitrogens with one attached hydrogen (secondary N) is 1. The number of rotatable bonds is 5. The quantitative estimate of drug-likeness (QED) is 0.542. The average Bonchev–Trinajstić information content (AvgIpc) is 3.02. The second kappa shape index (κ2) is 8.65. The Morgan fingerprint density at radius 3 is 2.53 bits per heavy atom. The molecule has 3 aromatic carbocycles. The van der Waals surface area contributed by atoms with Crippen LogP contribution < -0.4 is 5.32 Å². The summed E-state index contributed by atoms with van der Waals surface area (Å²) in [5, 5.41) is 3.70. The highest BCUT2D eigenvalue weighted by Gasteiger charge is 2.38. The number of hydrogen-bond donors (Lipinski definition) is 1. The smallest absolute Gasteiger partial charge is 0.0720 e. The average molecular weight is 398 g/mol. The third-order valence-corrected chi connectivity index (χ3v) is 7.10. The van der Waals surface area contributed by atoms with Crippen LogP contribution >= 0.6 is 0 Å². The van der Waals surface area contributed by atoms with Crippen molar-refractivity contribution < 1.29 is 4.74 Å². The van der Waals surface area contributed by atoms with E-state index < -0.39 is 0 Å². The molecule has 0 saturated heterocycles. The molecule has 0 radical (unpaired) electrons. The lowest BCUT2D eigenvalue weighted by molar-refractivity contribution is 0.0606. The van der Waals surface area contributed by atoms with Gasteiger partial charge in [0.1, 0.15) is 0 Å². The third kappa shape index (κ3) is 3.77. The monoisotopic (exact) mass is 397 g/mol. The molecule has 2 heterocycles. The minimum absolute atomic E-state index is 0.0305. The van der Waals surface area contributed by atoms with Gasteiger partial charge in [-0.3, -0.25) is 0 Å². The third-order valence-electron chi connectivity index (χ3n) is 7.10. The van der Waals surface area contributed by atoms with Gasteiger partial charge in [-0.05, 0) is 59.9 Å². The molecular formula is C28H31NO. The van der Waals surface area contributed by atoms with Crippen LogP contribution in [0.5, 0.6) is 0 Å². The Balaban J connectivity index is 1.33. The zero-order valence-corrected chi connectivity index (χ0v) is 17.6. The molecule has 0 aliphatic carbocycles. The highest BCUT2D eigenvalue weighted by Crippen LogP contribution is 2.42. The van der Waals surface area contributed by atoms with Crippen LogP contribution in [-0.4, -0.2) is 13.2 Å². The minimum atomic E-state index is -0.0305. The highest BCUT2D eigenvalue weighted by atomic mass is 16.5. The van der Waals surface area contributed by atoms with E-state index in [1.807, 2.05) is 0 Å². The summed E-state index contributed by atoms with van der Waals surface area (Å²) in [6.45, 7) is 2.60. The second-order valence-electron chi connectivity index (χ2n) is 8.93. The van der Waals surface area contributed by atoms with Gasteiger partial charge in [-0.15, -0.1) is 0 Å². The highest BCUT2D eigenvalue weighted by molar-refractivity contribution is 5.52. The molecule has 0 aromatic heterocycles. The Hall–Kier alpha value is -2.58. The van der Waals surface area contributed by atoms with E-state index in [-0.39, 0.29) is 5.41 Å². The van der Waals surface area contributed by atoms with Crippen LogP contribution in [0.3, 0.4) is 0 Å². The van der Waals surface area contributed by atoms with Crippen molar-refractivity contribution in [2.24, 2.45) is 5.92 Å². The first kappa shape index (κ1) is 19.4. The number of fused-ring (bicyclic) bond motifs is 2. The summed E-state index contributed by atoms with van der Waals surface area (Å²) >= 11 is 0. The van der Waals surface area contributed by atoms with Crippen molar-refractivity contribution in [2.45, 2.75) is 44.1 Å². The minimum Gasteiger partial charge on any atom is -0.385 e. The van der Waals surface area contributed by atoms with E-state index in [0.717, 1.165) is 32.1 Å². The molecular weight excluding hydrogens is 366 g/mol. The fourth-order valence-electron chi connectivity index (χ4n) is 5.44. The SMILES string of the molecule is c1ccc(C2(CCCC3CCc4ccccc4NC3)COCc3ccccc32)cc1. The largest absolute Gasteiger partial charge is 0.385 e. The maximum absolute atomic E-state index is 6.16. The topological polar surface area (TPSA) is 21.3 Å². The van der Waals surface area contributed by atoms with Gasteiger partial charge in [0.25, 0.3) is 0 Å². The lowest BCUT2D eigenvalue weighted by atomic mass is 9.69. The fraction of sp³-hybridized carbons (Fsp3) is 0.357. The lowest BCUT2D eigenvalue weighted by Crippen LogP contribution is -2.38. The van der Waals surface area contributed by atoms with Crippen molar-refractivity contribution in [2.75, 3.05) is 18.5 Å². The first-order valence-electron chi connectivity index (χ1n) is 11.4. The van der Waals surface area contributed by atoms with Gasteiger partial charge < -0.3 is 10.1 Å². The van der Waals surface area contributed by atoms with Gasteiger partial charge in [-0.1, -0.05) is 79.2 Å². The van der Waals surface area contributed by atoms with E-state index in [4.69, 9.17) is 4.74 Å². The van der Waals surface area contributed by atoms with Crippen LogP contribution in [0.15, 0.2) is 78.9 Å². The van der Waals surface area contributed by atoms with Crippen LogP contribution in [0.2, 0.25) is 0 Å². The number of aryl methyl sites for hydroxylation is 1.